The molecule has 0 bridgehead atoms. The van der Waals surface area contributed by atoms with Crippen LogP contribution in [-0.2, 0) is 26.2 Å². The number of anilines is 1. The van der Waals surface area contributed by atoms with E-state index in [0.29, 0.717) is 31.4 Å². The summed E-state index contributed by atoms with van der Waals surface area (Å²) in [5, 5.41) is 11.8. The molecular formula is C16H22N2O5S. The number of amides is 1. The molecule has 8 heteroatoms. The lowest BCUT2D eigenvalue weighted by molar-refractivity contribution is -0.143. The maximum absolute atomic E-state index is 12.2. The molecule has 0 aromatic heterocycles. The SMILES string of the molecule is CS(=O)(=O)NCc1ccc(NC(=O)C2CCC(C(=O)O)CC2)cc1. The number of aliphatic carboxylic acids is 1. The summed E-state index contributed by atoms with van der Waals surface area (Å²) in [6, 6.07) is 6.93. The van der Waals surface area contributed by atoms with Gasteiger partial charge in [0.15, 0.2) is 0 Å². The maximum Gasteiger partial charge on any atom is 0.306 e. The summed E-state index contributed by atoms with van der Waals surface area (Å²) < 4.78 is 24.5. The number of hydrogen-bond donors (Lipinski definition) is 3. The van der Waals surface area contributed by atoms with E-state index in [1.54, 1.807) is 24.3 Å². The highest BCUT2D eigenvalue weighted by molar-refractivity contribution is 7.88. The third-order valence-corrected chi connectivity index (χ3v) is 4.88. The first-order chi connectivity index (χ1) is 11.2. The summed E-state index contributed by atoms with van der Waals surface area (Å²) in [5.41, 5.74) is 1.43. The molecule has 1 aromatic carbocycles. The second-order valence-electron chi connectivity index (χ2n) is 6.17. The average Bonchev–Trinajstić information content (AvgIpc) is 2.53. The Morgan fingerprint density at radius 2 is 1.62 bits per heavy atom. The largest absolute Gasteiger partial charge is 0.481 e. The van der Waals surface area contributed by atoms with Crippen LogP contribution in [0.15, 0.2) is 24.3 Å². The standard InChI is InChI=1S/C16H22N2O5S/c1-24(22,23)17-10-11-2-8-14(9-3-11)18-15(19)12-4-6-13(7-5-12)16(20)21/h2-3,8-9,12-13,17H,4-7,10H2,1H3,(H,18,19)(H,20,21). The normalized spacial score (nSPS) is 21.2. The van der Waals surface area contributed by atoms with E-state index < -0.39 is 16.0 Å². The molecule has 1 aliphatic carbocycles. The molecule has 0 spiro atoms. The molecule has 0 saturated heterocycles. The van der Waals surface area contributed by atoms with Gasteiger partial charge in [-0.1, -0.05) is 12.1 Å². The monoisotopic (exact) mass is 354 g/mol. The van der Waals surface area contributed by atoms with Gasteiger partial charge in [0, 0.05) is 18.2 Å². The van der Waals surface area contributed by atoms with Crippen LogP contribution in [0.3, 0.4) is 0 Å². The number of rotatable bonds is 6. The minimum absolute atomic E-state index is 0.0964. The third kappa shape index (κ3) is 5.61. The van der Waals surface area contributed by atoms with Crippen molar-refractivity contribution >= 4 is 27.6 Å². The second kappa shape index (κ2) is 7.76. The molecule has 0 unspecified atom stereocenters. The highest BCUT2D eigenvalue weighted by Gasteiger charge is 2.29. The van der Waals surface area contributed by atoms with Crippen molar-refractivity contribution in [2.24, 2.45) is 11.8 Å². The Balaban J connectivity index is 1.85. The van der Waals surface area contributed by atoms with Crippen molar-refractivity contribution in [2.45, 2.75) is 32.2 Å². The molecule has 1 saturated carbocycles. The van der Waals surface area contributed by atoms with Gasteiger partial charge in [-0.2, -0.15) is 0 Å². The minimum Gasteiger partial charge on any atom is -0.481 e. The molecular weight excluding hydrogens is 332 g/mol. The van der Waals surface area contributed by atoms with Crippen molar-refractivity contribution in [3.8, 4) is 0 Å². The second-order valence-corrected chi connectivity index (χ2v) is 8.00. The molecule has 0 radical (unpaired) electrons. The molecule has 1 amide bonds. The molecule has 0 aliphatic heterocycles. The van der Waals surface area contributed by atoms with Gasteiger partial charge in [-0.15, -0.1) is 0 Å². The van der Waals surface area contributed by atoms with E-state index in [9.17, 15) is 18.0 Å². The van der Waals surface area contributed by atoms with Crippen molar-refractivity contribution in [3.63, 3.8) is 0 Å². The average molecular weight is 354 g/mol. The third-order valence-electron chi connectivity index (χ3n) is 4.21. The van der Waals surface area contributed by atoms with Gasteiger partial charge >= 0.3 is 5.97 Å². The smallest absolute Gasteiger partial charge is 0.306 e. The van der Waals surface area contributed by atoms with Crippen molar-refractivity contribution < 1.29 is 23.1 Å². The number of carbonyl (C=O) groups is 2. The Hall–Kier alpha value is -1.93. The van der Waals surface area contributed by atoms with Crippen molar-refractivity contribution in [1.82, 2.24) is 4.72 Å². The van der Waals surface area contributed by atoms with Gasteiger partial charge < -0.3 is 10.4 Å². The van der Waals surface area contributed by atoms with Crippen molar-refractivity contribution in [1.29, 1.82) is 0 Å². The number of nitrogens with one attached hydrogen (secondary N) is 2. The Morgan fingerprint density at radius 3 is 2.12 bits per heavy atom. The van der Waals surface area contributed by atoms with Crippen LogP contribution < -0.4 is 10.0 Å². The summed E-state index contributed by atoms with van der Waals surface area (Å²) in [6.45, 7) is 0.201. The number of carboxylic acid groups (broad SMARTS) is 1. The van der Waals surface area contributed by atoms with Gasteiger partial charge in [0.05, 0.1) is 12.2 Å². The van der Waals surface area contributed by atoms with Crippen LogP contribution in [-0.4, -0.2) is 31.7 Å². The van der Waals surface area contributed by atoms with Crippen LogP contribution >= 0.6 is 0 Å². The van der Waals surface area contributed by atoms with E-state index >= 15 is 0 Å². The van der Waals surface area contributed by atoms with Gasteiger partial charge in [0.1, 0.15) is 0 Å². The van der Waals surface area contributed by atoms with Crippen LogP contribution in [0.25, 0.3) is 0 Å². The predicted molar refractivity (Wildman–Crippen MR) is 89.8 cm³/mol. The first-order valence-electron chi connectivity index (χ1n) is 7.82. The summed E-state index contributed by atoms with van der Waals surface area (Å²) in [6.07, 6.45) is 3.33. The summed E-state index contributed by atoms with van der Waals surface area (Å²) >= 11 is 0. The van der Waals surface area contributed by atoms with Gasteiger partial charge in [-0.25, -0.2) is 13.1 Å². The number of sulfonamides is 1. The Morgan fingerprint density at radius 1 is 1.08 bits per heavy atom. The summed E-state index contributed by atoms with van der Waals surface area (Å²) in [4.78, 5) is 23.2. The van der Waals surface area contributed by atoms with Gasteiger partial charge in [-0.05, 0) is 43.4 Å². The molecule has 3 N–H and O–H groups in total. The molecule has 2 rings (SSSR count). The molecule has 1 aliphatic rings. The molecule has 1 fully saturated rings. The van der Waals surface area contributed by atoms with E-state index in [1.165, 1.54) is 0 Å². The van der Waals surface area contributed by atoms with E-state index in [0.717, 1.165) is 11.8 Å². The lowest BCUT2D eigenvalue weighted by atomic mass is 9.81. The lowest BCUT2D eigenvalue weighted by Gasteiger charge is -2.25. The van der Waals surface area contributed by atoms with Crippen LogP contribution in [0.4, 0.5) is 5.69 Å². The number of hydrogen-bond acceptors (Lipinski definition) is 4. The first kappa shape index (κ1) is 18.4. The molecule has 0 heterocycles. The minimum atomic E-state index is -3.24. The zero-order chi connectivity index (χ0) is 17.7. The Kier molecular flexibility index (Phi) is 5.95. The van der Waals surface area contributed by atoms with Gasteiger partial charge in [-0.3, -0.25) is 9.59 Å². The lowest BCUT2D eigenvalue weighted by Crippen LogP contribution is -2.29. The quantitative estimate of drug-likeness (QED) is 0.718. The number of carbonyl (C=O) groups excluding carboxylic acids is 1. The first-order valence-corrected chi connectivity index (χ1v) is 9.71. The van der Waals surface area contributed by atoms with E-state index in [-0.39, 0.29) is 24.3 Å². The maximum atomic E-state index is 12.2. The molecule has 24 heavy (non-hydrogen) atoms. The highest BCUT2D eigenvalue weighted by Crippen LogP contribution is 2.29. The van der Waals surface area contributed by atoms with Crippen molar-refractivity contribution in [2.75, 3.05) is 11.6 Å². The molecule has 0 atom stereocenters. The fourth-order valence-electron chi connectivity index (χ4n) is 2.77. The Bertz CT molecular complexity index is 692. The fourth-order valence-corrected chi connectivity index (χ4v) is 3.20. The summed E-state index contributed by atoms with van der Waals surface area (Å²) in [7, 11) is -3.24. The van der Waals surface area contributed by atoms with Crippen LogP contribution in [0, 0.1) is 11.8 Å². The fraction of sp³-hybridized carbons (Fsp3) is 0.500. The zero-order valence-electron chi connectivity index (χ0n) is 13.5. The molecule has 1 aromatic rings. The van der Waals surface area contributed by atoms with Crippen LogP contribution in [0.5, 0.6) is 0 Å². The topological polar surface area (TPSA) is 113 Å². The Labute approximate surface area is 141 Å². The predicted octanol–water partition coefficient (Wildman–Crippen LogP) is 1.57. The van der Waals surface area contributed by atoms with E-state index in [4.69, 9.17) is 5.11 Å². The van der Waals surface area contributed by atoms with E-state index in [1.807, 2.05) is 0 Å². The van der Waals surface area contributed by atoms with Crippen LogP contribution in [0.2, 0.25) is 0 Å². The molecule has 7 nitrogen and oxygen atoms in total. The highest BCUT2D eigenvalue weighted by atomic mass is 32.2. The van der Waals surface area contributed by atoms with Crippen molar-refractivity contribution in [3.05, 3.63) is 29.8 Å². The zero-order valence-corrected chi connectivity index (χ0v) is 14.3. The van der Waals surface area contributed by atoms with Crippen LogP contribution in [0.1, 0.15) is 31.2 Å². The van der Waals surface area contributed by atoms with E-state index in [2.05, 4.69) is 10.0 Å². The van der Waals surface area contributed by atoms with Gasteiger partial charge in [0.25, 0.3) is 0 Å². The number of benzene rings is 1. The molecule has 132 valence electrons. The number of carboxylic acids is 1. The summed E-state index contributed by atoms with van der Waals surface area (Å²) in [5.74, 6) is -1.38. The van der Waals surface area contributed by atoms with Gasteiger partial charge in [0.2, 0.25) is 15.9 Å².